The first kappa shape index (κ1) is 23.6. The molecule has 0 saturated carbocycles. The second kappa shape index (κ2) is 10.1. The summed E-state index contributed by atoms with van der Waals surface area (Å²) in [6.45, 7) is 6.71. The number of hydrogen-bond acceptors (Lipinski definition) is 2. The van der Waals surface area contributed by atoms with Crippen LogP contribution < -0.4 is 10.9 Å². The molecular weight excluding hydrogens is 446 g/mol. The Hall–Kier alpha value is -3.57. The van der Waals surface area contributed by atoms with Gasteiger partial charge in [0.15, 0.2) is 0 Å². The maximum absolute atomic E-state index is 13.3. The largest absolute Gasteiger partial charge is 0.322 e. The van der Waals surface area contributed by atoms with Crippen LogP contribution in [0.1, 0.15) is 27.8 Å². The van der Waals surface area contributed by atoms with Gasteiger partial charge in [0.05, 0.1) is 22.8 Å². The summed E-state index contributed by atoms with van der Waals surface area (Å²) in [5.41, 5.74) is 6.22. The van der Waals surface area contributed by atoms with Crippen molar-refractivity contribution in [2.75, 3.05) is 11.9 Å². The van der Waals surface area contributed by atoms with Gasteiger partial charge in [-0.1, -0.05) is 60.1 Å². The van der Waals surface area contributed by atoms with E-state index in [-0.39, 0.29) is 18.1 Å². The van der Waals surface area contributed by atoms with E-state index in [2.05, 4.69) is 29.4 Å². The van der Waals surface area contributed by atoms with Gasteiger partial charge in [-0.15, -0.1) is 0 Å². The summed E-state index contributed by atoms with van der Waals surface area (Å²) in [6.07, 6.45) is 0.673. The number of H-pyrrole nitrogens is 1. The number of halogens is 1. The molecule has 0 radical (unpaired) electrons. The molecule has 0 atom stereocenters. The molecule has 0 aliphatic rings. The summed E-state index contributed by atoms with van der Waals surface area (Å²) in [7, 11) is 0. The zero-order valence-electron chi connectivity index (χ0n) is 19.6. The maximum Gasteiger partial charge on any atom is 0.322 e. The second-order valence-corrected chi connectivity index (χ2v) is 9.01. The summed E-state index contributed by atoms with van der Waals surface area (Å²) in [5, 5.41) is 4.31. The van der Waals surface area contributed by atoms with Crippen molar-refractivity contribution in [1.29, 1.82) is 0 Å². The fourth-order valence-electron chi connectivity index (χ4n) is 4.05. The van der Waals surface area contributed by atoms with Gasteiger partial charge >= 0.3 is 6.03 Å². The number of pyridine rings is 1. The van der Waals surface area contributed by atoms with Crippen LogP contribution in [0.5, 0.6) is 0 Å². The molecule has 0 spiro atoms. The lowest BCUT2D eigenvalue weighted by Gasteiger charge is -2.24. The highest BCUT2D eigenvalue weighted by atomic mass is 35.5. The average molecular weight is 474 g/mol. The zero-order valence-corrected chi connectivity index (χ0v) is 20.4. The minimum atomic E-state index is -0.304. The van der Waals surface area contributed by atoms with E-state index >= 15 is 0 Å². The average Bonchev–Trinajstić information content (AvgIpc) is 2.82. The molecule has 4 aromatic rings. The Balaban J connectivity index is 1.64. The number of benzene rings is 3. The number of nitrogens with one attached hydrogen (secondary N) is 2. The molecule has 0 aliphatic heterocycles. The molecule has 0 aliphatic carbocycles. The number of nitrogens with zero attached hydrogens (tertiary/aromatic N) is 1. The Morgan fingerprint density at radius 3 is 2.44 bits per heavy atom. The summed E-state index contributed by atoms with van der Waals surface area (Å²) >= 11 is 6.26. The normalized spacial score (nSPS) is 10.9. The molecule has 0 saturated heterocycles. The number of carbonyl (C=O) groups is 1. The standard InChI is InChI=1S/C28H28ClN3O2/c1-18-12-13-22-16-23(27(33)31-26(22)20(18)3)17-32(15-14-21-9-5-4-8-19(21)2)28(34)30-25-11-7-6-10-24(25)29/h4-13,16H,14-15,17H2,1-3H3,(H,30,34)(H,31,33). The summed E-state index contributed by atoms with van der Waals surface area (Å²) in [4.78, 5) is 30.9. The van der Waals surface area contributed by atoms with Crippen molar-refractivity contribution in [3.8, 4) is 0 Å². The molecule has 0 fully saturated rings. The summed E-state index contributed by atoms with van der Waals surface area (Å²) < 4.78 is 0. The maximum atomic E-state index is 13.3. The molecule has 0 bridgehead atoms. The van der Waals surface area contributed by atoms with Crippen molar-refractivity contribution in [1.82, 2.24) is 9.88 Å². The number of hydrogen-bond donors (Lipinski definition) is 2. The van der Waals surface area contributed by atoms with E-state index in [1.54, 1.807) is 17.0 Å². The smallest absolute Gasteiger partial charge is 0.321 e. The van der Waals surface area contributed by atoms with E-state index in [0.29, 0.717) is 29.2 Å². The number of aryl methyl sites for hydroxylation is 3. The van der Waals surface area contributed by atoms with Gasteiger partial charge in [0.1, 0.15) is 0 Å². The number of para-hydroxylation sites is 1. The van der Waals surface area contributed by atoms with Gasteiger partial charge in [0, 0.05) is 12.1 Å². The third kappa shape index (κ3) is 5.15. The lowest BCUT2D eigenvalue weighted by molar-refractivity contribution is 0.209. The molecule has 0 unspecified atom stereocenters. The molecule has 3 aromatic carbocycles. The molecule has 2 amide bonds. The van der Waals surface area contributed by atoms with E-state index in [4.69, 9.17) is 11.6 Å². The third-order valence-corrected chi connectivity index (χ3v) is 6.63. The quantitative estimate of drug-likeness (QED) is 0.341. The van der Waals surface area contributed by atoms with Crippen molar-refractivity contribution >= 4 is 34.2 Å². The monoisotopic (exact) mass is 473 g/mol. The SMILES string of the molecule is Cc1ccccc1CCN(Cc1cc2ccc(C)c(C)c2[nH]c1=O)C(=O)Nc1ccccc1Cl. The zero-order chi connectivity index (χ0) is 24.2. The first-order valence-corrected chi connectivity index (χ1v) is 11.7. The first-order valence-electron chi connectivity index (χ1n) is 11.3. The molecule has 1 heterocycles. The van der Waals surface area contributed by atoms with Crippen LogP contribution in [0.15, 0.2) is 71.5 Å². The van der Waals surface area contributed by atoms with E-state index in [9.17, 15) is 9.59 Å². The van der Waals surface area contributed by atoms with Gasteiger partial charge in [0.25, 0.3) is 5.56 Å². The molecular formula is C28H28ClN3O2. The number of fused-ring (bicyclic) bond motifs is 1. The Morgan fingerprint density at radius 1 is 0.941 bits per heavy atom. The van der Waals surface area contributed by atoms with Gasteiger partial charge in [0.2, 0.25) is 0 Å². The topological polar surface area (TPSA) is 65.2 Å². The molecule has 2 N–H and O–H groups in total. The number of aromatic amines is 1. The van der Waals surface area contributed by atoms with Crippen LogP contribution in [-0.4, -0.2) is 22.5 Å². The Morgan fingerprint density at radius 2 is 1.68 bits per heavy atom. The van der Waals surface area contributed by atoms with Crippen molar-refractivity contribution in [3.63, 3.8) is 0 Å². The Bertz CT molecular complexity index is 1410. The summed E-state index contributed by atoms with van der Waals surface area (Å²) in [6, 6.07) is 20.8. The minimum absolute atomic E-state index is 0.181. The van der Waals surface area contributed by atoms with Gasteiger partial charge in [-0.3, -0.25) is 4.79 Å². The highest BCUT2D eigenvalue weighted by molar-refractivity contribution is 6.33. The van der Waals surface area contributed by atoms with Gasteiger partial charge < -0.3 is 15.2 Å². The van der Waals surface area contributed by atoms with Crippen LogP contribution in [0.25, 0.3) is 10.9 Å². The van der Waals surface area contributed by atoms with E-state index in [1.807, 2.05) is 56.3 Å². The van der Waals surface area contributed by atoms with E-state index < -0.39 is 0 Å². The van der Waals surface area contributed by atoms with Gasteiger partial charge in [-0.05, 0) is 73.0 Å². The number of anilines is 1. The summed E-state index contributed by atoms with van der Waals surface area (Å²) in [5.74, 6) is 0. The van der Waals surface area contributed by atoms with Crippen LogP contribution in [-0.2, 0) is 13.0 Å². The first-order chi connectivity index (χ1) is 16.3. The fourth-order valence-corrected chi connectivity index (χ4v) is 4.23. The Kier molecular flexibility index (Phi) is 7.03. The number of amides is 2. The highest BCUT2D eigenvalue weighted by Gasteiger charge is 2.18. The molecule has 1 aromatic heterocycles. The third-order valence-electron chi connectivity index (χ3n) is 6.30. The highest BCUT2D eigenvalue weighted by Crippen LogP contribution is 2.22. The van der Waals surface area contributed by atoms with Crippen LogP contribution in [0, 0.1) is 20.8 Å². The predicted molar refractivity (Wildman–Crippen MR) is 140 cm³/mol. The van der Waals surface area contributed by atoms with Gasteiger partial charge in [-0.25, -0.2) is 4.79 Å². The predicted octanol–water partition coefficient (Wildman–Crippen LogP) is 6.38. The van der Waals surface area contributed by atoms with E-state index in [1.165, 1.54) is 5.56 Å². The number of carbonyl (C=O) groups excluding carboxylic acids is 1. The number of urea groups is 1. The number of aromatic nitrogens is 1. The molecule has 5 nitrogen and oxygen atoms in total. The fraction of sp³-hybridized carbons (Fsp3) is 0.214. The van der Waals surface area contributed by atoms with Crippen LogP contribution in [0.3, 0.4) is 0 Å². The van der Waals surface area contributed by atoms with Crippen LogP contribution >= 0.6 is 11.6 Å². The number of rotatable bonds is 6. The second-order valence-electron chi connectivity index (χ2n) is 8.60. The molecule has 34 heavy (non-hydrogen) atoms. The van der Waals surface area contributed by atoms with E-state index in [0.717, 1.165) is 27.6 Å². The van der Waals surface area contributed by atoms with Gasteiger partial charge in [-0.2, -0.15) is 0 Å². The van der Waals surface area contributed by atoms with Crippen molar-refractivity contribution in [2.45, 2.75) is 33.7 Å². The Labute approximate surface area is 204 Å². The van der Waals surface area contributed by atoms with Crippen molar-refractivity contribution in [3.05, 3.63) is 110 Å². The minimum Gasteiger partial charge on any atom is -0.321 e. The van der Waals surface area contributed by atoms with Crippen LogP contribution in [0.4, 0.5) is 10.5 Å². The van der Waals surface area contributed by atoms with Crippen LogP contribution in [0.2, 0.25) is 5.02 Å². The molecule has 174 valence electrons. The lowest BCUT2D eigenvalue weighted by atomic mass is 10.0. The lowest BCUT2D eigenvalue weighted by Crippen LogP contribution is -2.37. The molecule has 6 heteroatoms. The molecule has 4 rings (SSSR count). The van der Waals surface area contributed by atoms with Crippen molar-refractivity contribution in [2.24, 2.45) is 0 Å². The van der Waals surface area contributed by atoms with Crippen molar-refractivity contribution < 1.29 is 4.79 Å².